The number of aliphatic carboxylic acids is 1. The minimum atomic E-state index is -4.33. The molecule has 4 nitrogen and oxygen atoms in total. The van der Waals surface area contributed by atoms with Gasteiger partial charge in [0, 0.05) is 19.6 Å². The first-order valence-electron chi connectivity index (χ1n) is 6.56. The number of benzene rings is 1. The zero-order valence-corrected chi connectivity index (χ0v) is 11.3. The highest BCUT2D eigenvalue weighted by Crippen LogP contribution is 2.29. The second-order valence-electron chi connectivity index (χ2n) is 5.02. The van der Waals surface area contributed by atoms with E-state index in [1.54, 1.807) is 0 Å². The van der Waals surface area contributed by atoms with Crippen molar-refractivity contribution in [3.63, 3.8) is 0 Å². The zero-order chi connectivity index (χ0) is 15.5. The Morgan fingerprint density at radius 1 is 1.33 bits per heavy atom. The number of carboxylic acids is 1. The van der Waals surface area contributed by atoms with Crippen LogP contribution in [0.5, 0.6) is 0 Å². The number of alkyl halides is 3. The van der Waals surface area contributed by atoms with Crippen LogP contribution in [-0.4, -0.2) is 41.8 Å². The molecule has 0 spiro atoms. The fourth-order valence-electron chi connectivity index (χ4n) is 2.30. The van der Waals surface area contributed by atoms with Crippen molar-refractivity contribution in [3.05, 3.63) is 35.4 Å². The van der Waals surface area contributed by atoms with Crippen LogP contribution in [0.1, 0.15) is 17.5 Å². The summed E-state index contributed by atoms with van der Waals surface area (Å²) in [7, 11) is 0. The lowest BCUT2D eigenvalue weighted by atomic mass is 10.1. The number of morpholine rings is 1. The minimum Gasteiger partial charge on any atom is -0.481 e. The van der Waals surface area contributed by atoms with Gasteiger partial charge in [-0.05, 0) is 17.7 Å². The molecule has 1 fully saturated rings. The first-order valence-corrected chi connectivity index (χ1v) is 6.56. The van der Waals surface area contributed by atoms with E-state index in [-0.39, 0.29) is 12.5 Å². The van der Waals surface area contributed by atoms with Gasteiger partial charge < -0.3 is 9.84 Å². The summed E-state index contributed by atoms with van der Waals surface area (Å²) in [5, 5.41) is 8.74. The van der Waals surface area contributed by atoms with Crippen LogP contribution in [0.25, 0.3) is 0 Å². The lowest BCUT2D eigenvalue weighted by Crippen LogP contribution is -2.42. The van der Waals surface area contributed by atoms with Crippen molar-refractivity contribution in [2.45, 2.75) is 25.2 Å². The van der Waals surface area contributed by atoms with Gasteiger partial charge in [-0.3, -0.25) is 9.69 Å². The summed E-state index contributed by atoms with van der Waals surface area (Å²) in [6, 6.07) is 5.02. The third-order valence-corrected chi connectivity index (χ3v) is 3.31. The van der Waals surface area contributed by atoms with E-state index in [1.165, 1.54) is 12.1 Å². The molecule has 1 aliphatic rings. The van der Waals surface area contributed by atoms with Gasteiger partial charge in [0.05, 0.1) is 24.7 Å². The third kappa shape index (κ3) is 4.71. The van der Waals surface area contributed by atoms with Crippen molar-refractivity contribution in [2.75, 3.05) is 19.7 Å². The maximum absolute atomic E-state index is 12.5. The first kappa shape index (κ1) is 15.8. The van der Waals surface area contributed by atoms with Crippen molar-refractivity contribution in [3.8, 4) is 0 Å². The summed E-state index contributed by atoms with van der Waals surface area (Å²) in [6.45, 7) is 2.01. The molecule has 1 aromatic rings. The summed E-state index contributed by atoms with van der Waals surface area (Å²) >= 11 is 0. The van der Waals surface area contributed by atoms with E-state index in [0.717, 1.165) is 17.7 Å². The molecule has 0 radical (unpaired) electrons. The number of halogens is 3. The smallest absolute Gasteiger partial charge is 0.416 e. The lowest BCUT2D eigenvalue weighted by molar-refractivity contribution is -0.142. The predicted molar refractivity (Wildman–Crippen MR) is 68.7 cm³/mol. The number of carbonyl (C=O) groups is 1. The van der Waals surface area contributed by atoms with Gasteiger partial charge in [0.1, 0.15) is 0 Å². The Kier molecular flexibility index (Phi) is 4.84. The topological polar surface area (TPSA) is 49.8 Å². The molecule has 1 unspecified atom stereocenters. The molecule has 21 heavy (non-hydrogen) atoms. The second-order valence-corrected chi connectivity index (χ2v) is 5.02. The summed E-state index contributed by atoms with van der Waals surface area (Å²) in [5.41, 5.74) is 0.0935. The molecule has 116 valence electrons. The maximum atomic E-state index is 12.5. The molecule has 0 aliphatic carbocycles. The van der Waals surface area contributed by atoms with Crippen LogP contribution in [0.4, 0.5) is 13.2 Å². The number of rotatable bonds is 4. The average Bonchev–Trinajstić information content (AvgIpc) is 2.38. The van der Waals surface area contributed by atoms with Gasteiger partial charge in [0.15, 0.2) is 0 Å². The number of nitrogens with zero attached hydrogens (tertiary/aromatic N) is 1. The molecule has 1 saturated heterocycles. The van der Waals surface area contributed by atoms with Crippen LogP contribution < -0.4 is 0 Å². The Morgan fingerprint density at radius 2 is 2.00 bits per heavy atom. The highest BCUT2D eigenvalue weighted by Gasteiger charge is 2.30. The molecule has 2 rings (SSSR count). The molecule has 0 amide bonds. The molecular weight excluding hydrogens is 287 g/mol. The second kappa shape index (κ2) is 6.44. The molecule has 1 atom stereocenters. The Labute approximate surface area is 120 Å². The number of ether oxygens (including phenoxy) is 1. The Morgan fingerprint density at radius 3 is 2.57 bits per heavy atom. The monoisotopic (exact) mass is 303 g/mol. The van der Waals surface area contributed by atoms with Gasteiger partial charge in [-0.1, -0.05) is 12.1 Å². The third-order valence-electron chi connectivity index (χ3n) is 3.31. The Hall–Kier alpha value is -1.60. The fourth-order valence-corrected chi connectivity index (χ4v) is 2.30. The molecular formula is C14H16F3NO3. The van der Waals surface area contributed by atoms with Crippen molar-refractivity contribution in [1.29, 1.82) is 0 Å². The van der Waals surface area contributed by atoms with Gasteiger partial charge >= 0.3 is 12.1 Å². The number of hydrogen-bond acceptors (Lipinski definition) is 3. The van der Waals surface area contributed by atoms with Crippen LogP contribution in [0, 0.1) is 0 Å². The van der Waals surface area contributed by atoms with E-state index in [0.29, 0.717) is 26.2 Å². The largest absolute Gasteiger partial charge is 0.481 e. The molecule has 1 aliphatic heterocycles. The van der Waals surface area contributed by atoms with Crippen LogP contribution in [0.2, 0.25) is 0 Å². The van der Waals surface area contributed by atoms with Crippen LogP contribution in [0.3, 0.4) is 0 Å². The summed E-state index contributed by atoms with van der Waals surface area (Å²) in [5.74, 6) is -0.920. The van der Waals surface area contributed by atoms with Gasteiger partial charge in [-0.25, -0.2) is 0 Å². The quantitative estimate of drug-likeness (QED) is 0.928. The van der Waals surface area contributed by atoms with E-state index in [9.17, 15) is 18.0 Å². The maximum Gasteiger partial charge on any atom is 0.416 e. The van der Waals surface area contributed by atoms with Crippen molar-refractivity contribution >= 4 is 5.97 Å². The standard InChI is InChI=1S/C14H16F3NO3/c15-14(16,17)11-3-1-10(2-4-11)8-18-5-6-21-12(9-18)7-13(19)20/h1-4,12H,5-9H2,(H,19,20). The molecule has 1 heterocycles. The summed E-state index contributed by atoms with van der Waals surface area (Å²) < 4.78 is 42.8. The highest BCUT2D eigenvalue weighted by molar-refractivity contribution is 5.67. The average molecular weight is 303 g/mol. The molecule has 1 aromatic carbocycles. The van der Waals surface area contributed by atoms with Crippen LogP contribution in [0.15, 0.2) is 24.3 Å². The normalized spacial score (nSPS) is 20.4. The van der Waals surface area contributed by atoms with E-state index in [1.807, 2.05) is 4.90 Å². The SMILES string of the molecule is O=C(O)CC1CN(Cc2ccc(C(F)(F)F)cc2)CCO1. The van der Waals surface area contributed by atoms with Crippen LogP contribution >= 0.6 is 0 Å². The van der Waals surface area contributed by atoms with E-state index in [4.69, 9.17) is 9.84 Å². The predicted octanol–water partition coefficient (Wildman–Crippen LogP) is 2.38. The van der Waals surface area contributed by atoms with Gasteiger partial charge in [-0.15, -0.1) is 0 Å². The van der Waals surface area contributed by atoms with Gasteiger partial charge in [0.2, 0.25) is 0 Å². The van der Waals surface area contributed by atoms with Gasteiger partial charge in [-0.2, -0.15) is 13.2 Å². The molecule has 0 aromatic heterocycles. The first-order chi connectivity index (χ1) is 9.84. The minimum absolute atomic E-state index is 0.0660. The molecule has 0 bridgehead atoms. The zero-order valence-electron chi connectivity index (χ0n) is 11.3. The number of carboxylic acid groups (broad SMARTS) is 1. The fraction of sp³-hybridized carbons (Fsp3) is 0.500. The van der Waals surface area contributed by atoms with E-state index >= 15 is 0 Å². The van der Waals surface area contributed by atoms with Gasteiger partial charge in [0.25, 0.3) is 0 Å². The molecule has 1 N–H and O–H groups in total. The van der Waals surface area contributed by atoms with Crippen molar-refractivity contribution < 1.29 is 27.8 Å². The Bertz CT molecular complexity index is 487. The lowest BCUT2D eigenvalue weighted by Gasteiger charge is -2.32. The Balaban J connectivity index is 1.93. The summed E-state index contributed by atoms with van der Waals surface area (Å²) in [4.78, 5) is 12.6. The number of hydrogen-bond donors (Lipinski definition) is 1. The van der Waals surface area contributed by atoms with Crippen molar-refractivity contribution in [2.24, 2.45) is 0 Å². The van der Waals surface area contributed by atoms with E-state index in [2.05, 4.69) is 0 Å². The van der Waals surface area contributed by atoms with E-state index < -0.39 is 17.7 Å². The molecule has 0 saturated carbocycles. The highest BCUT2D eigenvalue weighted by atomic mass is 19.4. The molecule has 7 heteroatoms. The van der Waals surface area contributed by atoms with Crippen LogP contribution in [-0.2, 0) is 22.3 Å². The van der Waals surface area contributed by atoms with Crippen molar-refractivity contribution in [1.82, 2.24) is 4.90 Å². The summed E-state index contributed by atoms with van der Waals surface area (Å²) in [6.07, 6.45) is -4.76.